The second kappa shape index (κ2) is 8.31. The van der Waals surface area contributed by atoms with Crippen molar-refractivity contribution < 1.29 is 0 Å². The van der Waals surface area contributed by atoms with Crippen LogP contribution in [0.3, 0.4) is 0 Å². The average Bonchev–Trinajstić information content (AvgIpc) is 2.61. The SMILES string of the molecule is Cc1ccc(Cc2cc(Cl)cc(Cl)c2)cc1C(=N)/C=C/c1ccccn1. The topological polar surface area (TPSA) is 36.7 Å². The molecule has 26 heavy (non-hydrogen) atoms. The molecule has 1 N–H and O–H groups in total. The van der Waals surface area contributed by atoms with Crippen molar-refractivity contribution in [3.05, 3.63) is 105 Å². The van der Waals surface area contributed by atoms with Crippen LogP contribution in [0, 0.1) is 12.3 Å². The fourth-order valence-corrected chi connectivity index (χ4v) is 3.32. The molecule has 3 rings (SSSR count). The van der Waals surface area contributed by atoms with E-state index in [-0.39, 0.29) is 0 Å². The van der Waals surface area contributed by atoms with Gasteiger partial charge in [-0.1, -0.05) is 41.4 Å². The Morgan fingerprint density at radius 2 is 1.77 bits per heavy atom. The normalized spacial score (nSPS) is 11.0. The zero-order valence-corrected chi connectivity index (χ0v) is 15.9. The van der Waals surface area contributed by atoms with Gasteiger partial charge < -0.3 is 5.41 Å². The van der Waals surface area contributed by atoms with Crippen molar-refractivity contribution in [1.29, 1.82) is 5.41 Å². The highest BCUT2D eigenvalue weighted by molar-refractivity contribution is 6.34. The molecule has 0 fully saturated rings. The Morgan fingerprint density at radius 1 is 1.00 bits per heavy atom. The molecule has 0 aliphatic rings. The molecule has 0 radical (unpaired) electrons. The molecular weight excluding hydrogens is 363 g/mol. The first-order valence-electron chi connectivity index (χ1n) is 8.24. The van der Waals surface area contributed by atoms with Crippen LogP contribution in [0.1, 0.15) is 27.9 Å². The number of allylic oxidation sites excluding steroid dienone is 1. The highest BCUT2D eigenvalue weighted by atomic mass is 35.5. The van der Waals surface area contributed by atoms with E-state index in [0.29, 0.717) is 22.2 Å². The highest BCUT2D eigenvalue weighted by Crippen LogP contribution is 2.22. The Kier molecular flexibility index (Phi) is 5.87. The number of halogens is 2. The third-order valence-electron chi connectivity index (χ3n) is 4.03. The summed E-state index contributed by atoms with van der Waals surface area (Å²) in [5, 5.41) is 9.67. The van der Waals surface area contributed by atoms with E-state index in [0.717, 1.165) is 27.9 Å². The molecule has 0 bridgehead atoms. The van der Waals surface area contributed by atoms with Crippen molar-refractivity contribution in [2.45, 2.75) is 13.3 Å². The number of aromatic nitrogens is 1. The summed E-state index contributed by atoms with van der Waals surface area (Å²) in [6.45, 7) is 2.01. The van der Waals surface area contributed by atoms with Gasteiger partial charge in [0.25, 0.3) is 0 Å². The quantitative estimate of drug-likeness (QED) is 0.512. The lowest BCUT2D eigenvalue weighted by molar-refractivity contribution is 1.18. The average molecular weight is 381 g/mol. The van der Waals surface area contributed by atoms with Gasteiger partial charge in [0, 0.05) is 21.8 Å². The van der Waals surface area contributed by atoms with Crippen molar-refractivity contribution in [2.24, 2.45) is 0 Å². The number of nitrogens with one attached hydrogen (secondary N) is 1. The number of aryl methyl sites for hydroxylation is 1. The van der Waals surface area contributed by atoms with Crippen LogP contribution in [0.4, 0.5) is 0 Å². The number of benzene rings is 2. The number of hydrogen-bond acceptors (Lipinski definition) is 2. The summed E-state index contributed by atoms with van der Waals surface area (Å²) in [5.74, 6) is 0. The molecule has 0 unspecified atom stereocenters. The molecule has 0 spiro atoms. The van der Waals surface area contributed by atoms with Crippen LogP contribution >= 0.6 is 23.2 Å². The monoisotopic (exact) mass is 380 g/mol. The van der Waals surface area contributed by atoms with Crippen LogP contribution in [-0.2, 0) is 6.42 Å². The van der Waals surface area contributed by atoms with Gasteiger partial charge in [0.2, 0.25) is 0 Å². The first-order chi connectivity index (χ1) is 12.5. The van der Waals surface area contributed by atoms with Gasteiger partial charge >= 0.3 is 0 Å². The zero-order valence-electron chi connectivity index (χ0n) is 14.3. The maximum absolute atomic E-state index is 8.41. The number of pyridine rings is 1. The molecule has 2 nitrogen and oxygen atoms in total. The van der Waals surface area contributed by atoms with Crippen molar-refractivity contribution in [1.82, 2.24) is 4.98 Å². The summed E-state index contributed by atoms with van der Waals surface area (Å²) < 4.78 is 0. The minimum atomic E-state index is 0.458. The van der Waals surface area contributed by atoms with Crippen molar-refractivity contribution >= 4 is 35.0 Å². The Balaban J connectivity index is 1.83. The summed E-state index contributed by atoms with van der Waals surface area (Å²) in [5.41, 5.74) is 5.42. The van der Waals surface area contributed by atoms with Crippen molar-refractivity contribution in [3.8, 4) is 0 Å². The highest BCUT2D eigenvalue weighted by Gasteiger charge is 2.06. The molecular formula is C22H18Cl2N2. The lowest BCUT2D eigenvalue weighted by Gasteiger charge is -2.09. The smallest absolute Gasteiger partial charge is 0.0630 e. The number of nitrogens with zero attached hydrogens (tertiary/aromatic N) is 1. The van der Waals surface area contributed by atoms with Crippen molar-refractivity contribution in [3.63, 3.8) is 0 Å². The van der Waals surface area contributed by atoms with E-state index < -0.39 is 0 Å². The maximum atomic E-state index is 8.41. The van der Waals surface area contributed by atoms with E-state index in [1.165, 1.54) is 0 Å². The van der Waals surface area contributed by atoms with Gasteiger partial charge in [-0.15, -0.1) is 0 Å². The molecule has 0 atom stereocenters. The van der Waals surface area contributed by atoms with Crippen LogP contribution < -0.4 is 0 Å². The fraction of sp³-hybridized carbons (Fsp3) is 0.0909. The molecule has 130 valence electrons. The van der Waals surface area contributed by atoms with E-state index in [1.807, 2.05) is 49.4 Å². The van der Waals surface area contributed by atoms with Gasteiger partial charge in [-0.25, -0.2) is 0 Å². The van der Waals surface area contributed by atoms with Gasteiger partial charge in [0.05, 0.1) is 11.4 Å². The standard InChI is InChI=1S/C22H18Cl2N2/c1-15-5-6-16(10-17-11-18(23)14-19(24)12-17)13-21(15)22(25)8-7-20-4-2-3-9-26-20/h2-9,11-14,25H,10H2,1H3/b8-7+,25-22?. The molecule has 0 aliphatic heterocycles. The van der Waals surface area contributed by atoms with E-state index in [9.17, 15) is 0 Å². The second-order valence-corrected chi connectivity index (χ2v) is 6.98. The van der Waals surface area contributed by atoms with E-state index in [2.05, 4.69) is 17.1 Å². The molecule has 2 aromatic carbocycles. The Morgan fingerprint density at radius 3 is 2.46 bits per heavy atom. The second-order valence-electron chi connectivity index (χ2n) is 6.11. The molecule has 1 heterocycles. The van der Waals surface area contributed by atoms with E-state index >= 15 is 0 Å². The molecule has 4 heteroatoms. The third kappa shape index (κ3) is 4.81. The van der Waals surface area contributed by atoms with Gasteiger partial charge in [-0.05, 0) is 78.6 Å². The van der Waals surface area contributed by atoms with E-state index in [1.54, 1.807) is 18.3 Å². The van der Waals surface area contributed by atoms with E-state index in [4.69, 9.17) is 28.6 Å². The van der Waals surface area contributed by atoms with Gasteiger partial charge in [0.1, 0.15) is 0 Å². The van der Waals surface area contributed by atoms with Gasteiger partial charge in [-0.3, -0.25) is 4.98 Å². The maximum Gasteiger partial charge on any atom is 0.0630 e. The summed E-state index contributed by atoms with van der Waals surface area (Å²) in [6.07, 6.45) is 6.09. The largest absolute Gasteiger partial charge is 0.300 e. The molecule has 3 aromatic rings. The molecule has 1 aromatic heterocycles. The minimum Gasteiger partial charge on any atom is -0.300 e. The van der Waals surface area contributed by atoms with Crippen LogP contribution in [0.15, 0.2) is 66.9 Å². The zero-order chi connectivity index (χ0) is 18.5. The lowest BCUT2D eigenvalue weighted by Crippen LogP contribution is -2.00. The first kappa shape index (κ1) is 18.4. The lowest BCUT2D eigenvalue weighted by atomic mass is 9.97. The molecule has 0 saturated carbocycles. The Hall–Kier alpha value is -2.42. The number of hydrogen-bond donors (Lipinski definition) is 1. The van der Waals surface area contributed by atoms with Crippen molar-refractivity contribution in [2.75, 3.05) is 0 Å². The summed E-state index contributed by atoms with van der Waals surface area (Å²) in [6, 6.07) is 17.4. The molecule has 0 amide bonds. The Bertz CT molecular complexity index is 943. The predicted molar refractivity (Wildman–Crippen MR) is 111 cm³/mol. The molecule has 0 aliphatic carbocycles. The summed E-state index contributed by atoms with van der Waals surface area (Å²) in [7, 11) is 0. The number of rotatable bonds is 5. The predicted octanol–water partition coefficient (Wildman–Crippen LogP) is 6.37. The first-order valence-corrected chi connectivity index (χ1v) is 8.99. The summed E-state index contributed by atoms with van der Waals surface area (Å²) >= 11 is 12.2. The Labute approximate surface area is 163 Å². The van der Waals surface area contributed by atoms with Crippen LogP contribution in [0.25, 0.3) is 6.08 Å². The summed E-state index contributed by atoms with van der Waals surface area (Å²) in [4.78, 5) is 4.25. The van der Waals surface area contributed by atoms with Gasteiger partial charge in [-0.2, -0.15) is 0 Å². The minimum absolute atomic E-state index is 0.458. The third-order valence-corrected chi connectivity index (χ3v) is 4.47. The van der Waals surface area contributed by atoms with Crippen LogP contribution in [0.5, 0.6) is 0 Å². The fourth-order valence-electron chi connectivity index (χ4n) is 2.75. The van der Waals surface area contributed by atoms with Crippen LogP contribution in [-0.4, -0.2) is 10.7 Å². The van der Waals surface area contributed by atoms with Crippen LogP contribution in [0.2, 0.25) is 10.0 Å². The molecule has 0 saturated heterocycles. The van der Waals surface area contributed by atoms with Gasteiger partial charge in [0.15, 0.2) is 0 Å².